The molecule has 23 heavy (non-hydrogen) atoms. The third-order valence-electron chi connectivity index (χ3n) is 3.77. The molecule has 2 aromatic rings. The summed E-state index contributed by atoms with van der Waals surface area (Å²) in [5.41, 5.74) is 4.85. The zero-order valence-corrected chi connectivity index (χ0v) is 14.2. The Labute approximate surface area is 137 Å². The summed E-state index contributed by atoms with van der Waals surface area (Å²) in [5.74, 6) is 0.679. The van der Waals surface area contributed by atoms with Crippen LogP contribution in [0.5, 0.6) is 11.5 Å². The molecule has 0 aromatic heterocycles. The van der Waals surface area contributed by atoms with Crippen molar-refractivity contribution in [2.45, 2.75) is 33.7 Å². The number of rotatable bonds is 5. The van der Waals surface area contributed by atoms with Crippen LogP contribution in [0.3, 0.4) is 0 Å². The van der Waals surface area contributed by atoms with Crippen LogP contribution >= 0.6 is 0 Å². The Hall–Kier alpha value is -2.33. The van der Waals surface area contributed by atoms with E-state index in [1.54, 1.807) is 7.05 Å². The van der Waals surface area contributed by atoms with Crippen LogP contribution < -0.4 is 10.1 Å². The molecule has 0 spiro atoms. The average Bonchev–Trinajstić information content (AvgIpc) is 2.42. The van der Waals surface area contributed by atoms with E-state index in [0.29, 0.717) is 0 Å². The first-order valence-electron chi connectivity index (χ1n) is 7.59. The summed E-state index contributed by atoms with van der Waals surface area (Å²) in [6.07, 6.45) is 0. The number of nitrogens with one attached hydrogen (secondary N) is 1. The van der Waals surface area contributed by atoms with E-state index in [2.05, 4.69) is 11.4 Å². The highest BCUT2D eigenvalue weighted by atomic mass is 16.5. The molecule has 0 radical (unpaired) electrons. The Bertz CT molecular complexity index is 694. The molecule has 0 saturated heterocycles. The fourth-order valence-corrected chi connectivity index (χ4v) is 2.85. The minimum absolute atomic E-state index is 0.720. The molecule has 122 valence electrons. The van der Waals surface area contributed by atoms with Gasteiger partial charge < -0.3 is 15.2 Å². The highest BCUT2D eigenvalue weighted by Crippen LogP contribution is 2.32. The van der Waals surface area contributed by atoms with Crippen LogP contribution in [0.15, 0.2) is 30.3 Å². The van der Waals surface area contributed by atoms with Crippen LogP contribution in [0, 0.1) is 27.7 Å². The molecular weight excluding hydrogens is 290 g/mol. The number of likely N-dealkylation sites (N-methyl/N-ethyl adjacent to an activating group) is 1. The van der Waals surface area contributed by atoms with E-state index in [0.717, 1.165) is 39.3 Å². The van der Waals surface area contributed by atoms with E-state index < -0.39 is 12.0 Å². The number of ether oxygens (including phenoxy) is 1. The number of aryl methyl sites for hydroxylation is 4. The van der Waals surface area contributed by atoms with Crippen molar-refractivity contribution in [2.24, 2.45) is 0 Å². The lowest BCUT2D eigenvalue weighted by atomic mass is 10.00. The lowest BCUT2D eigenvalue weighted by Gasteiger charge is -2.17. The van der Waals surface area contributed by atoms with Gasteiger partial charge in [-0.05, 0) is 74.7 Å². The second-order valence-corrected chi connectivity index (χ2v) is 5.97. The Kier molecular flexibility index (Phi) is 5.06. The summed E-state index contributed by atoms with van der Waals surface area (Å²) in [4.78, 5) is 11.3. The zero-order chi connectivity index (χ0) is 17.1. The van der Waals surface area contributed by atoms with Gasteiger partial charge in [-0.3, -0.25) is 4.79 Å². The highest BCUT2D eigenvalue weighted by molar-refractivity contribution is 5.76. The Balaban J connectivity index is 2.39. The number of carboxylic acid groups (broad SMARTS) is 1. The van der Waals surface area contributed by atoms with E-state index in [4.69, 9.17) is 4.74 Å². The first kappa shape index (κ1) is 17.0. The monoisotopic (exact) mass is 313 g/mol. The molecule has 4 heteroatoms. The quantitative estimate of drug-likeness (QED) is 0.874. The molecule has 2 aromatic carbocycles. The maximum absolute atomic E-state index is 11.3. The molecule has 2 N–H and O–H groups in total. The number of benzene rings is 2. The van der Waals surface area contributed by atoms with Gasteiger partial charge in [-0.1, -0.05) is 18.2 Å². The predicted molar refractivity (Wildman–Crippen MR) is 91.3 cm³/mol. The molecule has 0 aliphatic carbocycles. The van der Waals surface area contributed by atoms with Gasteiger partial charge in [0.15, 0.2) is 0 Å². The number of hydrogen-bond donors (Lipinski definition) is 2. The standard InChI is InChI=1S/C19H23NO3/c1-11-6-12(2)8-16(7-11)23-18-13(3)9-15(10-14(18)4)17(20-5)19(21)22/h6-10,17,20H,1-5H3,(H,21,22). The summed E-state index contributed by atoms with van der Waals surface area (Å²) < 4.78 is 6.06. The predicted octanol–water partition coefficient (Wildman–Crippen LogP) is 4.06. The Morgan fingerprint density at radius 3 is 1.96 bits per heavy atom. The molecule has 0 fully saturated rings. The van der Waals surface area contributed by atoms with E-state index in [-0.39, 0.29) is 0 Å². The first-order chi connectivity index (χ1) is 10.8. The molecule has 0 aliphatic heterocycles. The van der Waals surface area contributed by atoms with Crippen molar-refractivity contribution in [1.82, 2.24) is 5.32 Å². The van der Waals surface area contributed by atoms with Crippen molar-refractivity contribution >= 4 is 5.97 Å². The van der Waals surface area contributed by atoms with Gasteiger partial charge in [-0.15, -0.1) is 0 Å². The van der Waals surface area contributed by atoms with Gasteiger partial charge in [0.2, 0.25) is 0 Å². The van der Waals surface area contributed by atoms with Crippen LogP contribution in [0.2, 0.25) is 0 Å². The molecule has 2 rings (SSSR count). The van der Waals surface area contributed by atoms with E-state index >= 15 is 0 Å². The second kappa shape index (κ2) is 6.84. The molecular formula is C19H23NO3. The summed E-state index contributed by atoms with van der Waals surface area (Å²) >= 11 is 0. The third-order valence-corrected chi connectivity index (χ3v) is 3.77. The second-order valence-electron chi connectivity index (χ2n) is 5.97. The fourth-order valence-electron chi connectivity index (χ4n) is 2.85. The van der Waals surface area contributed by atoms with Crippen LogP contribution in [-0.4, -0.2) is 18.1 Å². The number of carbonyl (C=O) groups is 1. The lowest BCUT2D eigenvalue weighted by Crippen LogP contribution is -2.25. The molecule has 4 nitrogen and oxygen atoms in total. The van der Waals surface area contributed by atoms with Gasteiger partial charge >= 0.3 is 5.97 Å². The molecule has 0 aliphatic rings. The number of hydrogen-bond acceptors (Lipinski definition) is 3. The molecule has 1 unspecified atom stereocenters. The van der Waals surface area contributed by atoms with Crippen molar-refractivity contribution < 1.29 is 14.6 Å². The summed E-state index contributed by atoms with van der Waals surface area (Å²) in [6, 6.07) is 9.09. The van der Waals surface area contributed by atoms with Crippen molar-refractivity contribution in [3.63, 3.8) is 0 Å². The molecule has 0 bridgehead atoms. The van der Waals surface area contributed by atoms with Gasteiger partial charge in [0.05, 0.1) is 0 Å². The fraction of sp³-hybridized carbons (Fsp3) is 0.316. The normalized spacial score (nSPS) is 12.0. The largest absolute Gasteiger partial charge is 0.480 e. The maximum Gasteiger partial charge on any atom is 0.325 e. The van der Waals surface area contributed by atoms with E-state index in [1.807, 2.05) is 52.0 Å². The SMILES string of the molecule is CNC(C(=O)O)c1cc(C)c(Oc2cc(C)cc(C)c2)c(C)c1. The van der Waals surface area contributed by atoms with Crippen LogP contribution in [0.1, 0.15) is 33.9 Å². The molecule has 0 heterocycles. The number of aliphatic carboxylic acids is 1. The van der Waals surface area contributed by atoms with Crippen molar-refractivity contribution in [2.75, 3.05) is 7.05 Å². The number of carboxylic acids is 1. The van der Waals surface area contributed by atoms with Gasteiger partial charge in [0.1, 0.15) is 17.5 Å². The maximum atomic E-state index is 11.3. The lowest BCUT2D eigenvalue weighted by molar-refractivity contribution is -0.139. The highest BCUT2D eigenvalue weighted by Gasteiger charge is 2.19. The van der Waals surface area contributed by atoms with Crippen molar-refractivity contribution in [3.05, 3.63) is 58.1 Å². The molecule has 1 atom stereocenters. The Morgan fingerprint density at radius 2 is 1.52 bits per heavy atom. The van der Waals surface area contributed by atoms with Crippen LogP contribution in [-0.2, 0) is 4.79 Å². The summed E-state index contributed by atoms with van der Waals surface area (Å²) in [5, 5.41) is 12.1. The smallest absolute Gasteiger partial charge is 0.325 e. The van der Waals surface area contributed by atoms with Gasteiger partial charge in [-0.25, -0.2) is 0 Å². The third kappa shape index (κ3) is 3.90. The van der Waals surface area contributed by atoms with Crippen LogP contribution in [0.25, 0.3) is 0 Å². The van der Waals surface area contributed by atoms with Crippen molar-refractivity contribution in [3.8, 4) is 11.5 Å². The summed E-state index contributed by atoms with van der Waals surface area (Å²) in [7, 11) is 1.64. The topological polar surface area (TPSA) is 58.6 Å². The van der Waals surface area contributed by atoms with E-state index in [1.165, 1.54) is 0 Å². The van der Waals surface area contributed by atoms with Gasteiger partial charge in [-0.2, -0.15) is 0 Å². The average molecular weight is 313 g/mol. The van der Waals surface area contributed by atoms with Gasteiger partial charge in [0, 0.05) is 0 Å². The first-order valence-corrected chi connectivity index (χ1v) is 7.59. The van der Waals surface area contributed by atoms with Crippen molar-refractivity contribution in [1.29, 1.82) is 0 Å². The summed E-state index contributed by atoms with van der Waals surface area (Å²) in [6.45, 7) is 7.94. The zero-order valence-electron chi connectivity index (χ0n) is 14.2. The van der Waals surface area contributed by atoms with Gasteiger partial charge in [0.25, 0.3) is 0 Å². The minimum atomic E-state index is -0.894. The minimum Gasteiger partial charge on any atom is -0.480 e. The molecule has 0 amide bonds. The van der Waals surface area contributed by atoms with Crippen LogP contribution in [0.4, 0.5) is 0 Å². The Morgan fingerprint density at radius 1 is 1.00 bits per heavy atom. The molecule has 0 saturated carbocycles. The van der Waals surface area contributed by atoms with E-state index in [9.17, 15) is 9.90 Å².